The number of halogens is 6. The first-order valence-electron chi connectivity index (χ1n) is 27.3. The lowest BCUT2D eigenvalue weighted by atomic mass is 10.1. The molecule has 0 bridgehead atoms. The van der Waals surface area contributed by atoms with Crippen molar-refractivity contribution in [2.75, 3.05) is 78.2 Å². The van der Waals surface area contributed by atoms with Gasteiger partial charge in [0, 0.05) is 89.2 Å². The molecular formula is C56H64F6N8O14S6. The standard InChI is InChI=1S/C30H36F3N5O7S3.C26H28F3N3O7S3/c1-37(2)15-12-34-28(40)26-18-24(19-35-27(39)20-6-4-8-23(16-20)45-3)46-29(26)48(43,44)38-13-10-21(11-14-38)36-22-7-5-9-25(17-22)47(41,42)30(31,32)33;1-39-21-6-2-4-17(12-21)24(34)30-15-22-13-18(16-33)25(40-22)42(37,38)32-10-8-19(9-11-32)31-20-5-3-7-23(14-20)41(35,36)26(27,28)29/h4-9,16-18,21,36H,10-15,19H2,1-3H3,(H,34,40)(H,35,39);2-7,12-14,19,31,33H,8-11,15-16H2,1H3,(H,30,34). The number of carbonyl (C=O) groups is 3. The Morgan fingerprint density at radius 3 is 1.39 bits per heavy atom. The minimum Gasteiger partial charge on any atom is -0.497 e. The molecule has 2 aliphatic rings. The Balaban J connectivity index is 0.000000258. The number of alkyl halides is 6. The number of nitrogens with one attached hydrogen (secondary N) is 5. The molecule has 0 saturated carbocycles. The van der Waals surface area contributed by atoms with Gasteiger partial charge >= 0.3 is 11.0 Å². The number of sulfonamides is 2. The second-order valence-corrected chi connectivity index (χ2v) is 31.0. The quantitative estimate of drug-likeness (QED) is 0.0344. The summed E-state index contributed by atoms with van der Waals surface area (Å²) >= 11 is 1.82. The lowest BCUT2D eigenvalue weighted by Gasteiger charge is -2.32. The van der Waals surface area contributed by atoms with E-state index in [2.05, 4.69) is 26.6 Å². The van der Waals surface area contributed by atoms with Crippen molar-refractivity contribution in [1.82, 2.24) is 29.5 Å². The fraction of sp³-hybridized carbons (Fsp3) is 0.375. The minimum absolute atomic E-state index is 0.0298. The Labute approximate surface area is 524 Å². The highest BCUT2D eigenvalue weighted by atomic mass is 32.3. The summed E-state index contributed by atoms with van der Waals surface area (Å²) in [6.45, 7) is 0.505. The normalized spacial score (nSPS) is 15.1. The van der Waals surface area contributed by atoms with E-state index in [0.29, 0.717) is 51.8 Å². The van der Waals surface area contributed by atoms with Crippen molar-refractivity contribution in [1.29, 1.82) is 0 Å². The van der Waals surface area contributed by atoms with Crippen LogP contribution in [0.3, 0.4) is 0 Å². The molecule has 2 saturated heterocycles. The number of methoxy groups -OCH3 is 2. The van der Waals surface area contributed by atoms with Crippen molar-refractivity contribution in [3.63, 3.8) is 0 Å². The third kappa shape index (κ3) is 17.4. The zero-order valence-electron chi connectivity index (χ0n) is 48.6. The number of hydrogen-bond acceptors (Lipinski definition) is 19. The molecule has 6 aromatic rings. The lowest BCUT2D eigenvalue weighted by Crippen LogP contribution is -2.42. The molecule has 34 heteroatoms. The highest BCUT2D eigenvalue weighted by Gasteiger charge is 2.48. The fourth-order valence-corrected chi connectivity index (χ4v) is 17.4. The molecule has 22 nitrogen and oxygen atoms in total. The number of carbonyl (C=O) groups excluding carboxylic acids is 3. The van der Waals surface area contributed by atoms with Crippen LogP contribution in [0.5, 0.6) is 11.5 Å². The van der Waals surface area contributed by atoms with Crippen LogP contribution in [0.25, 0.3) is 0 Å². The number of benzene rings is 4. The van der Waals surface area contributed by atoms with Crippen LogP contribution in [0.2, 0.25) is 0 Å². The van der Waals surface area contributed by atoms with Gasteiger partial charge in [0.25, 0.3) is 57.4 Å². The molecule has 8 rings (SSSR count). The number of sulfone groups is 2. The summed E-state index contributed by atoms with van der Waals surface area (Å²) < 4.78 is 192. The van der Waals surface area contributed by atoms with Crippen LogP contribution in [0.1, 0.15) is 72.1 Å². The van der Waals surface area contributed by atoms with E-state index in [9.17, 15) is 79.5 Å². The highest BCUT2D eigenvalue weighted by molar-refractivity contribution is 7.93. The van der Waals surface area contributed by atoms with Crippen molar-refractivity contribution in [3.05, 3.63) is 141 Å². The molecule has 0 atom stereocenters. The third-order valence-electron chi connectivity index (χ3n) is 14.0. The van der Waals surface area contributed by atoms with Crippen molar-refractivity contribution >= 4 is 91.5 Å². The first-order chi connectivity index (χ1) is 42.3. The molecule has 490 valence electrons. The maximum Gasteiger partial charge on any atom is 0.501 e. The monoisotopic (exact) mass is 1380 g/mol. The lowest BCUT2D eigenvalue weighted by molar-refractivity contribution is -0.0442. The smallest absolute Gasteiger partial charge is 0.497 e. The van der Waals surface area contributed by atoms with Crippen LogP contribution in [0, 0.1) is 0 Å². The number of hydrogen-bond donors (Lipinski definition) is 6. The van der Waals surface area contributed by atoms with Crippen molar-refractivity contribution in [2.45, 2.75) is 86.7 Å². The summed E-state index contributed by atoms with van der Waals surface area (Å²) in [5.41, 5.74) is -9.70. The Hall–Kier alpha value is -6.89. The van der Waals surface area contributed by atoms with E-state index in [4.69, 9.17) is 9.47 Å². The molecule has 6 N–H and O–H groups in total. The van der Waals surface area contributed by atoms with E-state index in [0.717, 1.165) is 46.9 Å². The topological polar surface area (TPSA) is 296 Å². The fourth-order valence-electron chi connectivity index (χ4n) is 9.26. The van der Waals surface area contributed by atoms with Gasteiger partial charge in [0.05, 0.1) is 49.3 Å². The van der Waals surface area contributed by atoms with E-state index in [-0.39, 0.29) is 108 Å². The number of nitrogens with zero attached hydrogens (tertiary/aromatic N) is 3. The third-order valence-corrected chi connectivity index (χ3v) is 24.2. The predicted molar refractivity (Wildman–Crippen MR) is 324 cm³/mol. The van der Waals surface area contributed by atoms with Crippen molar-refractivity contribution < 1.29 is 89.0 Å². The van der Waals surface area contributed by atoms with Gasteiger partial charge in [-0.3, -0.25) is 14.4 Å². The van der Waals surface area contributed by atoms with Crippen LogP contribution in [-0.4, -0.2) is 161 Å². The Morgan fingerprint density at radius 2 is 0.978 bits per heavy atom. The van der Waals surface area contributed by atoms with Gasteiger partial charge in [-0.2, -0.15) is 35.0 Å². The van der Waals surface area contributed by atoms with Crippen LogP contribution in [0.15, 0.2) is 127 Å². The molecule has 90 heavy (non-hydrogen) atoms. The first-order valence-corrected chi connectivity index (χ1v) is 34.8. The average molecular weight is 1380 g/mol. The van der Waals surface area contributed by atoms with E-state index in [1.54, 1.807) is 48.5 Å². The molecule has 2 fully saturated rings. The Morgan fingerprint density at radius 1 is 0.567 bits per heavy atom. The first kappa shape index (κ1) is 70.6. The summed E-state index contributed by atoms with van der Waals surface area (Å²) in [5, 5.41) is 24.1. The number of amides is 3. The van der Waals surface area contributed by atoms with E-state index in [1.807, 2.05) is 19.0 Å². The van der Waals surface area contributed by atoms with Crippen LogP contribution in [0.4, 0.5) is 37.7 Å². The number of aliphatic hydroxyl groups is 1. The van der Waals surface area contributed by atoms with Crippen LogP contribution < -0.4 is 36.1 Å². The zero-order valence-corrected chi connectivity index (χ0v) is 53.5. The number of piperidine rings is 2. The molecule has 3 amide bonds. The Kier molecular flexibility index (Phi) is 23.2. The molecule has 2 aromatic heterocycles. The van der Waals surface area contributed by atoms with Gasteiger partial charge in [-0.05, 0) is 125 Å². The SMILES string of the molecule is COc1cccc(C(=O)NCc2cc(C(=O)NCCN(C)C)c(S(=O)(=O)N3CCC(Nc4cccc(S(=O)(=O)C(F)(F)F)c4)CC3)s2)c1.COc1cccc(C(=O)NCc2cc(CO)c(S(=O)(=O)N3CCC(Nc4cccc(S(=O)(=O)C(F)(F)F)c4)CC3)s2)c1. The van der Waals surface area contributed by atoms with Crippen LogP contribution in [-0.2, 0) is 59.4 Å². The number of aliphatic hydroxyl groups excluding tert-OH is 1. The van der Waals surface area contributed by atoms with Crippen molar-refractivity contribution in [3.8, 4) is 11.5 Å². The van der Waals surface area contributed by atoms with Gasteiger partial charge in [0.2, 0.25) is 0 Å². The number of rotatable bonds is 23. The van der Waals surface area contributed by atoms with Gasteiger partial charge in [-0.15, -0.1) is 22.7 Å². The summed E-state index contributed by atoms with van der Waals surface area (Å²) in [6.07, 6.45) is 1.13. The van der Waals surface area contributed by atoms with E-state index >= 15 is 0 Å². The van der Waals surface area contributed by atoms with Gasteiger partial charge < -0.3 is 46.1 Å². The summed E-state index contributed by atoms with van der Waals surface area (Å²) in [5.74, 6) is -0.377. The van der Waals surface area contributed by atoms with Gasteiger partial charge in [0.1, 0.15) is 19.9 Å². The van der Waals surface area contributed by atoms with Gasteiger partial charge in [-0.1, -0.05) is 24.3 Å². The molecule has 0 unspecified atom stereocenters. The summed E-state index contributed by atoms with van der Waals surface area (Å²) in [7, 11) is -12.6. The number of thiophene rings is 2. The summed E-state index contributed by atoms with van der Waals surface area (Å²) in [4.78, 5) is 39.6. The van der Waals surface area contributed by atoms with Gasteiger partial charge in [0.15, 0.2) is 0 Å². The molecular weight excluding hydrogens is 1320 g/mol. The molecule has 4 heterocycles. The largest absolute Gasteiger partial charge is 0.501 e. The molecule has 0 radical (unpaired) electrons. The van der Waals surface area contributed by atoms with Gasteiger partial charge in [-0.25, -0.2) is 33.7 Å². The number of anilines is 2. The van der Waals surface area contributed by atoms with E-state index < -0.39 is 78.9 Å². The maximum absolute atomic E-state index is 13.9. The van der Waals surface area contributed by atoms with Crippen LogP contribution >= 0.6 is 22.7 Å². The van der Waals surface area contributed by atoms with Crippen molar-refractivity contribution in [2.24, 2.45) is 0 Å². The molecule has 4 aromatic carbocycles. The average Bonchev–Trinajstić information content (AvgIpc) is 1.54. The highest BCUT2D eigenvalue weighted by Crippen LogP contribution is 2.37. The maximum atomic E-state index is 13.9. The molecule has 2 aliphatic heterocycles. The number of likely N-dealkylation sites (N-methyl/N-ethyl adjacent to an activating group) is 1. The molecule has 0 aliphatic carbocycles. The van der Waals surface area contributed by atoms with E-state index in [1.165, 1.54) is 59.2 Å². The Bertz CT molecular complexity index is 4000. The molecule has 0 spiro atoms. The number of ether oxygens (including phenoxy) is 2. The summed E-state index contributed by atoms with van der Waals surface area (Å²) in [6, 6.07) is 24.1. The minimum atomic E-state index is -5.53. The second kappa shape index (κ2) is 29.6. The zero-order chi connectivity index (χ0) is 66.0. The second-order valence-electron chi connectivity index (χ2n) is 20.6. The predicted octanol–water partition coefficient (Wildman–Crippen LogP) is 7.27.